The van der Waals surface area contributed by atoms with Crippen molar-refractivity contribution >= 4 is 22.5 Å². The van der Waals surface area contributed by atoms with Gasteiger partial charge in [-0.25, -0.2) is 22.7 Å². The molecule has 1 N–H and O–H groups in total. The quantitative estimate of drug-likeness (QED) is 0.461. The summed E-state index contributed by atoms with van der Waals surface area (Å²) < 4.78 is 51.3. The Labute approximate surface area is 194 Å². The van der Waals surface area contributed by atoms with E-state index in [4.69, 9.17) is 4.74 Å². The van der Waals surface area contributed by atoms with E-state index in [2.05, 4.69) is 20.4 Å². The molecule has 0 saturated carbocycles. The Morgan fingerprint density at radius 3 is 2.82 bits per heavy atom. The summed E-state index contributed by atoms with van der Waals surface area (Å²) in [4.78, 5) is 10.7. The first-order valence-corrected chi connectivity index (χ1v) is 11.1. The maximum Gasteiger partial charge on any atom is 0.244 e. The third-order valence-corrected chi connectivity index (χ3v) is 6.35. The number of fused-ring (bicyclic) bond motifs is 2. The summed E-state index contributed by atoms with van der Waals surface area (Å²) in [5, 5.41) is 7.58. The third kappa shape index (κ3) is 3.83. The van der Waals surface area contributed by atoms with Gasteiger partial charge in [0.05, 0.1) is 25.2 Å². The van der Waals surface area contributed by atoms with E-state index in [0.29, 0.717) is 41.0 Å². The standard InChI is InChI=1S/C23H26F3N7O/c1-13-27-20-16(25)10-14(11-19(20)32(13)9-6-24)15-4-8-33-21(15)22(34-3)29-23(30-33)28-18-5-7-31(2)12-17(18)26/h4,8,10-11,17-18H,5-7,9,12H2,1-3H3,(H,28,30)/t17-,18+/m0/s1. The number of piperidine rings is 1. The summed E-state index contributed by atoms with van der Waals surface area (Å²) in [6, 6.07) is 4.56. The van der Waals surface area contributed by atoms with Crippen molar-refractivity contribution in [2.45, 2.75) is 32.1 Å². The van der Waals surface area contributed by atoms with Gasteiger partial charge < -0.3 is 19.5 Å². The van der Waals surface area contributed by atoms with Crippen LogP contribution in [-0.4, -0.2) is 75.2 Å². The number of benzene rings is 1. The highest BCUT2D eigenvalue weighted by molar-refractivity contribution is 5.90. The molecule has 0 spiro atoms. The number of hydrogen-bond acceptors (Lipinski definition) is 6. The fourth-order valence-corrected chi connectivity index (χ4v) is 4.63. The van der Waals surface area contributed by atoms with E-state index in [0.717, 1.165) is 6.54 Å². The number of methoxy groups -OCH3 is 1. The van der Waals surface area contributed by atoms with Crippen molar-refractivity contribution in [1.29, 1.82) is 0 Å². The van der Waals surface area contributed by atoms with E-state index in [1.807, 2.05) is 11.9 Å². The summed E-state index contributed by atoms with van der Waals surface area (Å²) in [5.74, 6) is 0.570. The van der Waals surface area contributed by atoms with Crippen LogP contribution in [0, 0.1) is 12.7 Å². The van der Waals surface area contributed by atoms with Crippen molar-refractivity contribution in [1.82, 2.24) is 29.0 Å². The zero-order valence-electron chi connectivity index (χ0n) is 19.2. The Balaban J connectivity index is 1.56. The molecular weight excluding hydrogens is 447 g/mol. The average molecular weight is 474 g/mol. The monoisotopic (exact) mass is 473 g/mol. The number of nitrogens with one attached hydrogen (secondary N) is 1. The van der Waals surface area contributed by atoms with E-state index in [-0.39, 0.29) is 23.9 Å². The second-order valence-corrected chi connectivity index (χ2v) is 8.61. The molecule has 11 heteroatoms. The minimum absolute atomic E-state index is 0.0930. The number of nitrogens with zero attached hydrogens (tertiary/aromatic N) is 6. The number of likely N-dealkylation sites (tertiary alicyclic amines) is 1. The van der Waals surface area contributed by atoms with Gasteiger partial charge in [-0.1, -0.05) is 0 Å². The van der Waals surface area contributed by atoms with Gasteiger partial charge in [-0.3, -0.25) is 0 Å². The second kappa shape index (κ2) is 8.79. The Bertz CT molecular complexity index is 1350. The van der Waals surface area contributed by atoms with Crippen LogP contribution in [0.15, 0.2) is 24.4 Å². The highest BCUT2D eigenvalue weighted by Gasteiger charge is 2.28. The Hall–Kier alpha value is -3.34. The minimum Gasteiger partial charge on any atom is -0.479 e. The minimum atomic E-state index is -1.04. The average Bonchev–Trinajstić information content (AvgIpc) is 3.37. The van der Waals surface area contributed by atoms with Crippen LogP contribution < -0.4 is 10.1 Å². The summed E-state index contributed by atoms with van der Waals surface area (Å²) in [7, 11) is 3.38. The first-order chi connectivity index (χ1) is 16.4. The van der Waals surface area contributed by atoms with Crippen LogP contribution in [0.5, 0.6) is 5.88 Å². The van der Waals surface area contributed by atoms with Crippen molar-refractivity contribution in [2.24, 2.45) is 0 Å². The number of rotatable bonds is 6. The predicted molar refractivity (Wildman–Crippen MR) is 123 cm³/mol. The number of hydrogen-bond donors (Lipinski definition) is 1. The number of imidazole rings is 1. The molecule has 0 aliphatic carbocycles. The Morgan fingerprint density at radius 1 is 1.26 bits per heavy atom. The van der Waals surface area contributed by atoms with Gasteiger partial charge in [-0.15, -0.1) is 5.10 Å². The summed E-state index contributed by atoms with van der Waals surface area (Å²) >= 11 is 0. The molecule has 1 aliphatic heterocycles. The molecule has 1 aliphatic rings. The van der Waals surface area contributed by atoms with Crippen molar-refractivity contribution in [3.05, 3.63) is 36.0 Å². The van der Waals surface area contributed by atoms with Crippen LogP contribution in [0.4, 0.5) is 19.1 Å². The van der Waals surface area contributed by atoms with Gasteiger partial charge in [0, 0.05) is 24.8 Å². The number of alkyl halides is 2. The number of anilines is 1. The van der Waals surface area contributed by atoms with Crippen LogP contribution in [0.1, 0.15) is 12.2 Å². The molecule has 4 heterocycles. The van der Waals surface area contributed by atoms with E-state index in [9.17, 15) is 13.2 Å². The van der Waals surface area contributed by atoms with Gasteiger partial charge in [0.25, 0.3) is 0 Å². The zero-order chi connectivity index (χ0) is 24.0. The molecule has 4 aromatic rings. The lowest BCUT2D eigenvalue weighted by Crippen LogP contribution is -2.46. The maximum atomic E-state index is 15.0. The smallest absolute Gasteiger partial charge is 0.244 e. The summed E-state index contributed by atoms with van der Waals surface area (Å²) in [6.07, 6.45) is 1.30. The van der Waals surface area contributed by atoms with Crippen LogP contribution in [0.2, 0.25) is 0 Å². The lowest BCUT2D eigenvalue weighted by molar-refractivity contribution is 0.149. The lowest BCUT2D eigenvalue weighted by Gasteiger charge is -2.32. The van der Waals surface area contributed by atoms with Gasteiger partial charge in [0.2, 0.25) is 11.8 Å². The van der Waals surface area contributed by atoms with Crippen molar-refractivity contribution < 1.29 is 17.9 Å². The number of ether oxygens (including phenoxy) is 1. The molecule has 5 rings (SSSR count). The van der Waals surface area contributed by atoms with Crippen molar-refractivity contribution in [2.75, 3.05) is 39.2 Å². The molecule has 3 aromatic heterocycles. The van der Waals surface area contributed by atoms with E-state index in [1.165, 1.54) is 13.2 Å². The van der Waals surface area contributed by atoms with E-state index < -0.39 is 24.7 Å². The Kier molecular flexibility index (Phi) is 5.80. The molecule has 1 aromatic carbocycles. The zero-order valence-corrected chi connectivity index (χ0v) is 19.2. The molecule has 0 radical (unpaired) electrons. The molecule has 0 amide bonds. The SMILES string of the molecule is COc1nc(N[C@@H]2CCN(C)C[C@@H]2F)nn2ccc(-c3cc(F)c4nc(C)n(CCF)c4c3)c12. The Morgan fingerprint density at radius 2 is 2.09 bits per heavy atom. The highest BCUT2D eigenvalue weighted by Crippen LogP contribution is 2.34. The predicted octanol–water partition coefficient (Wildman–Crippen LogP) is 3.63. The molecule has 8 nitrogen and oxygen atoms in total. The molecular formula is C23H26F3N7O. The number of halogens is 3. The topological polar surface area (TPSA) is 72.5 Å². The van der Waals surface area contributed by atoms with Gasteiger partial charge in [0.15, 0.2) is 5.82 Å². The lowest BCUT2D eigenvalue weighted by atomic mass is 10.0. The molecule has 180 valence electrons. The van der Waals surface area contributed by atoms with Crippen LogP contribution in [-0.2, 0) is 6.54 Å². The van der Waals surface area contributed by atoms with Crippen LogP contribution in [0.25, 0.3) is 27.7 Å². The molecule has 0 bridgehead atoms. The highest BCUT2D eigenvalue weighted by atomic mass is 19.1. The number of aryl methyl sites for hydroxylation is 2. The molecule has 34 heavy (non-hydrogen) atoms. The summed E-state index contributed by atoms with van der Waals surface area (Å²) in [5.41, 5.74) is 2.47. The van der Waals surface area contributed by atoms with Crippen LogP contribution in [0.3, 0.4) is 0 Å². The number of aromatic nitrogens is 5. The molecule has 1 saturated heterocycles. The first-order valence-electron chi connectivity index (χ1n) is 11.1. The van der Waals surface area contributed by atoms with Gasteiger partial charge in [0.1, 0.15) is 29.7 Å². The fourth-order valence-electron chi connectivity index (χ4n) is 4.63. The second-order valence-electron chi connectivity index (χ2n) is 8.61. The van der Waals surface area contributed by atoms with E-state index >= 15 is 0 Å². The maximum absolute atomic E-state index is 15.0. The third-order valence-electron chi connectivity index (χ3n) is 6.35. The van der Waals surface area contributed by atoms with Crippen molar-refractivity contribution in [3.8, 4) is 17.0 Å². The van der Waals surface area contributed by atoms with Gasteiger partial charge in [-0.05, 0) is 44.2 Å². The molecule has 0 unspecified atom stereocenters. The van der Waals surface area contributed by atoms with Crippen molar-refractivity contribution in [3.63, 3.8) is 0 Å². The molecule has 2 atom stereocenters. The fraction of sp³-hybridized carbons (Fsp3) is 0.435. The summed E-state index contributed by atoms with van der Waals surface area (Å²) in [6.45, 7) is 2.35. The van der Waals surface area contributed by atoms with E-state index in [1.54, 1.807) is 34.3 Å². The molecule has 1 fully saturated rings. The van der Waals surface area contributed by atoms with Gasteiger partial charge in [-0.2, -0.15) is 4.98 Å². The van der Waals surface area contributed by atoms with Gasteiger partial charge >= 0.3 is 0 Å². The first kappa shape index (κ1) is 22.5. The normalized spacial score (nSPS) is 19.2. The van der Waals surface area contributed by atoms with Crippen LogP contribution >= 0.6 is 0 Å². The largest absolute Gasteiger partial charge is 0.479 e.